The summed E-state index contributed by atoms with van der Waals surface area (Å²) in [7, 11) is 1.95. The summed E-state index contributed by atoms with van der Waals surface area (Å²) in [6.07, 6.45) is 2.03. The molecule has 2 aromatic heterocycles. The van der Waals surface area contributed by atoms with E-state index in [1.165, 1.54) is 16.2 Å². The van der Waals surface area contributed by atoms with Gasteiger partial charge in [-0.3, -0.25) is 0 Å². The van der Waals surface area contributed by atoms with E-state index in [9.17, 15) is 0 Å². The van der Waals surface area contributed by atoms with Gasteiger partial charge in [0, 0.05) is 50.6 Å². The molecule has 0 fully saturated rings. The molecule has 140 valence electrons. The van der Waals surface area contributed by atoms with E-state index < -0.39 is 0 Å². The van der Waals surface area contributed by atoms with Crippen LogP contribution in [0.25, 0.3) is 54.9 Å². The van der Waals surface area contributed by atoms with Gasteiger partial charge in [-0.25, -0.2) is 4.98 Å². The highest BCUT2D eigenvalue weighted by atomic mass is 79.9. The van der Waals surface area contributed by atoms with E-state index in [2.05, 4.69) is 85.8 Å². The van der Waals surface area contributed by atoms with Gasteiger partial charge >= 0.3 is 0 Å². The number of aromatic nitrogens is 3. The van der Waals surface area contributed by atoms with Crippen molar-refractivity contribution < 1.29 is 0 Å². The molecule has 0 radical (unpaired) electrons. The Morgan fingerprint density at radius 2 is 1.72 bits per heavy atom. The summed E-state index contributed by atoms with van der Waals surface area (Å²) >= 11 is 3.59. The number of nitrogens with one attached hydrogen (secondary N) is 3. The van der Waals surface area contributed by atoms with Crippen molar-refractivity contribution in [1.82, 2.24) is 15.0 Å². The lowest BCUT2D eigenvalue weighted by Crippen LogP contribution is -1.88. The first-order valence-electron chi connectivity index (χ1n) is 9.52. The Bertz CT molecular complexity index is 1560. The van der Waals surface area contributed by atoms with Crippen molar-refractivity contribution in [3.63, 3.8) is 0 Å². The van der Waals surface area contributed by atoms with Crippen LogP contribution in [-0.2, 0) is 0 Å². The minimum atomic E-state index is 0.875. The maximum absolute atomic E-state index is 5.05. The number of fused-ring (bicyclic) bond motifs is 7. The number of hydrogen-bond donors (Lipinski definition) is 3. The summed E-state index contributed by atoms with van der Waals surface area (Å²) in [5.41, 5.74) is 5.34. The Morgan fingerprint density at radius 1 is 0.862 bits per heavy atom. The summed E-state index contributed by atoms with van der Waals surface area (Å²) in [5, 5.41) is 9.16. The number of halogens is 1. The molecular weight excluding hydrogens is 424 g/mol. The predicted molar refractivity (Wildman–Crippen MR) is 126 cm³/mol. The van der Waals surface area contributed by atoms with Crippen molar-refractivity contribution in [1.29, 1.82) is 0 Å². The molecule has 0 unspecified atom stereocenters. The van der Waals surface area contributed by atoms with Crippen molar-refractivity contribution in [3.05, 3.63) is 71.3 Å². The average molecular weight is 441 g/mol. The van der Waals surface area contributed by atoms with Gasteiger partial charge in [0.05, 0.1) is 11.0 Å². The lowest BCUT2D eigenvalue weighted by atomic mass is 9.99. The van der Waals surface area contributed by atoms with Crippen molar-refractivity contribution >= 4 is 65.1 Å². The summed E-state index contributed by atoms with van der Waals surface area (Å²) in [6, 6.07) is 21.2. The molecule has 0 aliphatic rings. The zero-order valence-corrected chi connectivity index (χ0v) is 17.3. The van der Waals surface area contributed by atoms with Gasteiger partial charge in [0.2, 0.25) is 0 Å². The second-order valence-electron chi connectivity index (χ2n) is 7.26. The van der Waals surface area contributed by atoms with Gasteiger partial charge < -0.3 is 15.3 Å². The Hall–Kier alpha value is -3.31. The first kappa shape index (κ1) is 16.6. The number of imidazole rings is 1. The van der Waals surface area contributed by atoms with Crippen LogP contribution < -0.4 is 5.32 Å². The zero-order chi connectivity index (χ0) is 19.5. The largest absolute Gasteiger partial charge is 0.388 e. The molecular formula is C24H17BrN4. The van der Waals surface area contributed by atoms with E-state index >= 15 is 0 Å². The SMILES string of the molecule is CNc1ccc2c(c1)c1ccccc1c1nc(-c3c[nH]c4ccc(Br)cc34)[nH]c21. The summed E-state index contributed by atoms with van der Waals surface area (Å²) in [6.45, 7) is 0. The molecule has 6 rings (SSSR count). The predicted octanol–water partition coefficient (Wildman–Crippen LogP) is 6.82. The number of H-pyrrole nitrogens is 2. The van der Waals surface area contributed by atoms with Crippen LogP contribution in [0, 0.1) is 0 Å². The number of aromatic amines is 2. The zero-order valence-electron chi connectivity index (χ0n) is 15.7. The van der Waals surface area contributed by atoms with E-state index in [0.29, 0.717) is 0 Å². The molecule has 4 aromatic carbocycles. The second-order valence-corrected chi connectivity index (χ2v) is 8.17. The van der Waals surface area contributed by atoms with E-state index in [-0.39, 0.29) is 0 Å². The van der Waals surface area contributed by atoms with Crippen LogP contribution in [0.1, 0.15) is 0 Å². The molecule has 0 saturated carbocycles. The molecule has 0 spiro atoms. The average Bonchev–Trinajstić information content (AvgIpc) is 3.37. The van der Waals surface area contributed by atoms with Crippen LogP contribution in [-0.4, -0.2) is 22.0 Å². The van der Waals surface area contributed by atoms with Gasteiger partial charge in [0.25, 0.3) is 0 Å². The van der Waals surface area contributed by atoms with E-state index in [1.54, 1.807) is 0 Å². The van der Waals surface area contributed by atoms with Crippen molar-refractivity contribution in [3.8, 4) is 11.4 Å². The monoisotopic (exact) mass is 440 g/mol. The van der Waals surface area contributed by atoms with Crippen LogP contribution >= 0.6 is 15.9 Å². The molecule has 0 saturated heterocycles. The number of hydrogen-bond acceptors (Lipinski definition) is 2. The third-order valence-electron chi connectivity index (χ3n) is 5.65. The summed E-state index contributed by atoms with van der Waals surface area (Å²) in [4.78, 5) is 12.0. The maximum atomic E-state index is 5.05. The standard InChI is InChI=1S/C24H17BrN4/c1-26-14-7-8-17-18(11-14)15-4-2-3-5-16(15)22-23(17)29-24(28-22)20-12-27-21-9-6-13(25)10-19(20)21/h2-12,26-27H,1H3,(H,28,29). The highest BCUT2D eigenvalue weighted by Gasteiger charge is 2.16. The van der Waals surface area contributed by atoms with E-state index in [4.69, 9.17) is 4.98 Å². The molecule has 4 nitrogen and oxygen atoms in total. The Labute approximate surface area is 175 Å². The normalized spacial score (nSPS) is 11.8. The molecule has 0 bridgehead atoms. The third-order valence-corrected chi connectivity index (χ3v) is 6.15. The van der Waals surface area contributed by atoms with Crippen molar-refractivity contribution in [2.24, 2.45) is 0 Å². The van der Waals surface area contributed by atoms with E-state index in [0.717, 1.165) is 48.9 Å². The third kappa shape index (κ3) is 2.41. The van der Waals surface area contributed by atoms with Gasteiger partial charge in [-0.05, 0) is 41.1 Å². The smallest absolute Gasteiger partial charge is 0.140 e. The van der Waals surface area contributed by atoms with Gasteiger partial charge in [-0.1, -0.05) is 46.3 Å². The molecule has 6 aromatic rings. The molecule has 2 heterocycles. The number of nitrogens with zero attached hydrogens (tertiary/aromatic N) is 1. The van der Waals surface area contributed by atoms with Gasteiger partial charge in [-0.15, -0.1) is 0 Å². The number of rotatable bonds is 2. The molecule has 0 aliphatic carbocycles. The van der Waals surface area contributed by atoms with Crippen LogP contribution in [0.15, 0.2) is 71.3 Å². The Balaban J connectivity index is 1.74. The molecule has 0 amide bonds. The van der Waals surface area contributed by atoms with Crippen LogP contribution in [0.4, 0.5) is 5.69 Å². The van der Waals surface area contributed by atoms with Gasteiger partial charge in [0.15, 0.2) is 0 Å². The van der Waals surface area contributed by atoms with Crippen molar-refractivity contribution in [2.75, 3.05) is 12.4 Å². The summed E-state index contributed by atoms with van der Waals surface area (Å²) < 4.78 is 1.05. The molecule has 5 heteroatoms. The fourth-order valence-corrected chi connectivity index (χ4v) is 4.61. The van der Waals surface area contributed by atoms with Crippen molar-refractivity contribution in [2.45, 2.75) is 0 Å². The fourth-order valence-electron chi connectivity index (χ4n) is 4.24. The quantitative estimate of drug-likeness (QED) is 0.258. The topological polar surface area (TPSA) is 56.5 Å². The first-order chi connectivity index (χ1) is 14.2. The summed E-state index contributed by atoms with van der Waals surface area (Å²) in [5.74, 6) is 0.875. The lowest BCUT2D eigenvalue weighted by Gasteiger charge is -2.08. The fraction of sp³-hybridized carbons (Fsp3) is 0.0417. The molecule has 0 atom stereocenters. The van der Waals surface area contributed by atoms with E-state index in [1.807, 2.05) is 19.3 Å². The number of benzene rings is 4. The Morgan fingerprint density at radius 3 is 2.59 bits per heavy atom. The van der Waals surface area contributed by atoms with Crippen LogP contribution in [0.2, 0.25) is 0 Å². The minimum Gasteiger partial charge on any atom is -0.388 e. The highest BCUT2D eigenvalue weighted by molar-refractivity contribution is 9.10. The van der Waals surface area contributed by atoms with Gasteiger partial charge in [0.1, 0.15) is 5.82 Å². The first-order valence-corrected chi connectivity index (χ1v) is 10.3. The Kier molecular flexibility index (Phi) is 3.49. The van der Waals surface area contributed by atoms with Crippen LogP contribution in [0.5, 0.6) is 0 Å². The minimum absolute atomic E-state index is 0.875. The molecule has 29 heavy (non-hydrogen) atoms. The second kappa shape index (κ2) is 6.09. The number of anilines is 1. The highest BCUT2D eigenvalue weighted by Crippen LogP contribution is 2.37. The van der Waals surface area contributed by atoms with Crippen LogP contribution in [0.3, 0.4) is 0 Å². The lowest BCUT2D eigenvalue weighted by molar-refractivity contribution is 1.34. The molecule has 3 N–H and O–H groups in total. The maximum Gasteiger partial charge on any atom is 0.140 e. The molecule has 0 aliphatic heterocycles. The van der Waals surface area contributed by atoms with Gasteiger partial charge in [-0.2, -0.15) is 0 Å².